The van der Waals surface area contributed by atoms with E-state index >= 15 is 0 Å². The first-order valence-corrected chi connectivity index (χ1v) is 6.68. The first kappa shape index (κ1) is 15.2. The van der Waals surface area contributed by atoms with Gasteiger partial charge in [0.2, 0.25) is 0 Å². The second-order valence-corrected chi connectivity index (χ2v) is 4.90. The second-order valence-electron chi connectivity index (χ2n) is 4.90. The van der Waals surface area contributed by atoms with Gasteiger partial charge in [0.25, 0.3) is 0 Å². The van der Waals surface area contributed by atoms with Crippen molar-refractivity contribution in [2.45, 2.75) is 25.5 Å². The lowest BCUT2D eigenvalue weighted by Crippen LogP contribution is -2.48. The Morgan fingerprint density at radius 2 is 2.19 bits per heavy atom. The number of aliphatic hydroxyl groups is 1. The number of benzene rings is 1. The van der Waals surface area contributed by atoms with Crippen molar-refractivity contribution in [2.75, 3.05) is 18.0 Å². The van der Waals surface area contributed by atoms with Crippen molar-refractivity contribution in [2.24, 2.45) is 0 Å². The summed E-state index contributed by atoms with van der Waals surface area (Å²) in [4.78, 5) is 26.1. The predicted octanol–water partition coefficient (Wildman–Crippen LogP) is 1.29. The summed E-state index contributed by atoms with van der Waals surface area (Å²) in [5.74, 6) is -1.63. The van der Waals surface area contributed by atoms with E-state index in [4.69, 9.17) is 5.11 Å². The molecular formula is C14H17FN2O4. The van der Waals surface area contributed by atoms with E-state index in [2.05, 4.69) is 0 Å². The van der Waals surface area contributed by atoms with E-state index in [1.54, 1.807) is 13.0 Å². The molecule has 114 valence electrons. The number of aliphatic carboxylic acids is 1. The molecule has 0 aromatic heterocycles. The Hall–Kier alpha value is -2.15. The molecule has 0 unspecified atom stereocenters. The van der Waals surface area contributed by atoms with Crippen LogP contribution in [0, 0.1) is 5.82 Å². The molecule has 1 fully saturated rings. The number of hydrogen-bond acceptors (Lipinski definition) is 3. The van der Waals surface area contributed by atoms with E-state index in [1.165, 1.54) is 23.1 Å². The van der Waals surface area contributed by atoms with Crippen LogP contribution in [0.1, 0.15) is 13.3 Å². The zero-order chi connectivity index (χ0) is 15.6. The van der Waals surface area contributed by atoms with Gasteiger partial charge in [0, 0.05) is 25.2 Å². The summed E-state index contributed by atoms with van der Waals surface area (Å²) in [6.45, 7) is 1.94. The van der Waals surface area contributed by atoms with E-state index in [-0.39, 0.29) is 19.5 Å². The number of carboxylic acids is 1. The molecule has 6 nitrogen and oxygen atoms in total. The average Bonchev–Trinajstić information content (AvgIpc) is 2.82. The van der Waals surface area contributed by atoms with Crippen molar-refractivity contribution in [3.8, 4) is 0 Å². The number of anilines is 1. The minimum Gasteiger partial charge on any atom is -0.480 e. The molecule has 1 saturated heterocycles. The van der Waals surface area contributed by atoms with Crippen LogP contribution in [0.25, 0.3) is 0 Å². The number of β-amino-alcohol motifs (C(OH)–C–C–N with tert-alkyl or cyclic N) is 1. The van der Waals surface area contributed by atoms with Gasteiger partial charge < -0.3 is 15.1 Å². The number of halogens is 1. The number of carbonyl (C=O) groups excluding carboxylic acids is 1. The van der Waals surface area contributed by atoms with Crippen molar-refractivity contribution < 1.29 is 24.2 Å². The summed E-state index contributed by atoms with van der Waals surface area (Å²) in [6.07, 6.45) is -0.858. The Balaban J connectivity index is 2.26. The number of carbonyl (C=O) groups is 2. The Morgan fingerprint density at radius 3 is 2.76 bits per heavy atom. The third-order valence-corrected chi connectivity index (χ3v) is 3.48. The molecule has 1 aromatic rings. The zero-order valence-electron chi connectivity index (χ0n) is 11.6. The van der Waals surface area contributed by atoms with E-state index in [0.717, 1.165) is 4.90 Å². The van der Waals surface area contributed by atoms with Gasteiger partial charge >= 0.3 is 12.0 Å². The summed E-state index contributed by atoms with van der Waals surface area (Å²) >= 11 is 0. The maximum atomic E-state index is 13.3. The highest BCUT2D eigenvalue weighted by Gasteiger charge is 2.40. The molecule has 2 N–H and O–H groups in total. The van der Waals surface area contributed by atoms with E-state index in [0.29, 0.717) is 5.69 Å². The molecule has 0 aliphatic carbocycles. The molecule has 7 heteroatoms. The monoisotopic (exact) mass is 296 g/mol. The molecule has 0 radical (unpaired) electrons. The Bertz CT molecular complexity index is 552. The quantitative estimate of drug-likeness (QED) is 0.880. The molecule has 1 aliphatic rings. The van der Waals surface area contributed by atoms with Gasteiger partial charge in [-0.2, -0.15) is 0 Å². The molecule has 0 bridgehead atoms. The molecule has 0 saturated carbocycles. The lowest BCUT2D eigenvalue weighted by Gasteiger charge is -2.29. The van der Waals surface area contributed by atoms with Crippen LogP contribution in [0.4, 0.5) is 14.9 Å². The van der Waals surface area contributed by atoms with Crippen LogP contribution in [0.3, 0.4) is 0 Å². The van der Waals surface area contributed by atoms with E-state index < -0.39 is 30.0 Å². The molecule has 21 heavy (non-hydrogen) atoms. The van der Waals surface area contributed by atoms with Crippen LogP contribution in [-0.4, -0.2) is 52.3 Å². The minimum atomic E-state index is -1.16. The Morgan fingerprint density at radius 1 is 1.48 bits per heavy atom. The van der Waals surface area contributed by atoms with Gasteiger partial charge in [-0.15, -0.1) is 0 Å². The maximum Gasteiger partial charge on any atom is 0.326 e. The van der Waals surface area contributed by atoms with Crippen molar-refractivity contribution in [1.29, 1.82) is 0 Å². The summed E-state index contributed by atoms with van der Waals surface area (Å²) in [7, 11) is 0. The first-order chi connectivity index (χ1) is 9.93. The molecule has 2 atom stereocenters. The van der Waals surface area contributed by atoms with Gasteiger partial charge in [0.05, 0.1) is 6.10 Å². The van der Waals surface area contributed by atoms with Crippen LogP contribution >= 0.6 is 0 Å². The maximum absolute atomic E-state index is 13.3. The lowest BCUT2D eigenvalue weighted by molar-refractivity contribution is -0.141. The van der Waals surface area contributed by atoms with Gasteiger partial charge in [-0.3, -0.25) is 4.90 Å². The second kappa shape index (κ2) is 6.09. The third-order valence-electron chi connectivity index (χ3n) is 3.48. The van der Waals surface area contributed by atoms with Crippen LogP contribution in [0.5, 0.6) is 0 Å². The average molecular weight is 296 g/mol. The highest BCUT2D eigenvalue weighted by Crippen LogP contribution is 2.23. The molecular weight excluding hydrogens is 279 g/mol. The van der Waals surface area contributed by atoms with Crippen LogP contribution in [0.2, 0.25) is 0 Å². The topological polar surface area (TPSA) is 81.1 Å². The summed E-state index contributed by atoms with van der Waals surface area (Å²) in [5.41, 5.74) is 0.355. The highest BCUT2D eigenvalue weighted by atomic mass is 19.1. The van der Waals surface area contributed by atoms with Gasteiger partial charge in [0.15, 0.2) is 0 Å². The van der Waals surface area contributed by atoms with Crippen LogP contribution in [-0.2, 0) is 4.79 Å². The Labute approximate surface area is 121 Å². The molecule has 1 heterocycles. The predicted molar refractivity (Wildman–Crippen MR) is 73.6 cm³/mol. The molecule has 1 aliphatic heterocycles. The first-order valence-electron chi connectivity index (χ1n) is 6.68. The summed E-state index contributed by atoms with van der Waals surface area (Å²) in [5, 5.41) is 18.7. The smallest absolute Gasteiger partial charge is 0.326 e. The number of amides is 2. The summed E-state index contributed by atoms with van der Waals surface area (Å²) < 4.78 is 13.3. The SMILES string of the molecule is CCN(C(=O)N1C[C@H](O)C[C@@H]1C(=O)O)c1cccc(F)c1. The van der Waals surface area contributed by atoms with Crippen molar-refractivity contribution >= 4 is 17.7 Å². The third kappa shape index (κ3) is 3.13. The highest BCUT2D eigenvalue weighted by molar-refractivity contribution is 5.94. The van der Waals surface area contributed by atoms with Crippen molar-refractivity contribution in [3.63, 3.8) is 0 Å². The number of likely N-dealkylation sites (tertiary alicyclic amines) is 1. The molecule has 0 spiro atoms. The largest absolute Gasteiger partial charge is 0.480 e. The fourth-order valence-corrected chi connectivity index (χ4v) is 2.49. The van der Waals surface area contributed by atoms with Gasteiger partial charge in [-0.25, -0.2) is 14.0 Å². The van der Waals surface area contributed by atoms with E-state index in [9.17, 15) is 19.1 Å². The van der Waals surface area contributed by atoms with Gasteiger partial charge in [0.1, 0.15) is 11.9 Å². The number of aliphatic hydroxyl groups excluding tert-OH is 1. The number of carboxylic acid groups (broad SMARTS) is 1. The number of urea groups is 1. The van der Waals surface area contributed by atoms with Crippen molar-refractivity contribution in [3.05, 3.63) is 30.1 Å². The number of rotatable bonds is 3. The van der Waals surface area contributed by atoms with Crippen LogP contribution < -0.4 is 4.90 Å². The standard InChI is InChI=1S/C14H17FN2O4/c1-2-16(10-5-3-4-9(15)6-10)14(21)17-8-11(18)7-12(17)13(19)20/h3-6,11-12,18H,2,7-8H2,1H3,(H,19,20)/t11-,12-/m1/s1. The molecule has 2 amide bonds. The van der Waals surface area contributed by atoms with Gasteiger partial charge in [-0.05, 0) is 25.1 Å². The number of nitrogens with zero attached hydrogens (tertiary/aromatic N) is 2. The minimum absolute atomic E-state index is 0.00176. The summed E-state index contributed by atoms with van der Waals surface area (Å²) in [6, 6.07) is 3.92. The Kier molecular flexibility index (Phi) is 4.42. The van der Waals surface area contributed by atoms with Crippen LogP contribution in [0.15, 0.2) is 24.3 Å². The lowest BCUT2D eigenvalue weighted by atomic mass is 10.2. The fraction of sp³-hybridized carbons (Fsp3) is 0.429. The van der Waals surface area contributed by atoms with Crippen molar-refractivity contribution in [1.82, 2.24) is 4.90 Å². The normalized spacial score (nSPS) is 21.4. The fourth-order valence-electron chi connectivity index (χ4n) is 2.49. The number of hydrogen-bond donors (Lipinski definition) is 2. The molecule has 2 rings (SSSR count). The van der Waals surface area contributed by atoms with E-state index in [1.807, 2.05) is 0 Å². The molecule has 1 aromatic carbocycles. The van der Waals surface area contributed by atoms with Gasteiger partial charge in [-0.1, -0.05) is 6.07 Å². The zero-order valence-corrected chi connectivity index (χ0v) is 11.6.